The molecule has 1 unspecified atom stereocenters. The third-order valence-electron chi connectivity index (χ3n) is 1.52. The highest BCUT2D eigenvalue weighted by molar-refractivity contribution is 4.68. The van der Waals surface area contributed by atoms with Gasteiger partial charge in [0.25, 0.3) is 0 Å². The second-order valence-electron chi connectivity index (χ2n) is 2.46. The monoisotopic (exact) mass is 130 g/mol. The van der Waals surface area contributed by atoms with Crippen LogP contribution in [0.15, 0.2) is 0 Å². The molecule has 0 radical (unpaired) electrons. The Hall–Kier alpha value is -0.120. The molecule has 0 amide bonds. The van der Waals surface area contributed by atoms with E-state index in [9.17, 15) is 0 Å². The second kappa shape index (κ2) is 3.15. The molecular weight excluding hydrogens is 116 g/mol. The zero-order valence-corrected chi connectivity index (χ0v) is 5.80. The molecule has 1 saturated heterocycles. The van der Waals surface area contributed by atoms with Crippen LogP contribution in [0.3, 0.4) is 0 Å². The topological polar surface area (TPSA) is 35.5 Å². The van der Waals surface area contributed by atoms with E-state index in [0.29, 0.717) is 0 Å². The van der Waals surface area contributed by atoms with Crippen molar-refractivity contribution in [1.29, 1.82) is 0 Å². The van der Waals surface area contributed by atoms with E-state index in [0.717, 1.165) is 26.2 Å². The zero-order valence-electron chi connectivity index (χ0n) is 5.80. The first-order valence-electron chi connectivity index (χ1n) is 3.46. The molecular formula is C6H14N2O. The van der Waals surface area contributed by atoms with Gasteiger partial charge in [-0.25, -0.2) is 0 Å². The summed E-state index contributed by atoms with van der Waals surface area (Å²) in [6, 6.07) is 0. The maximum atomic E-state index is 8.97. The van der Waals surface area contributed by atoms with Crippen LogP contribution < -0.4 is 5.32 Å². The average molecular weight is 130 g/mol. The van der Waals surface area contributed by atoms with Gasteiger partial charge in [-0.15, -0.1) is 0 Å². The van der Waals surface area contributed by atoms with Gasteiger partial charge in [0.15, 0.2) is 0 Å². The van der Waals surface area contributed by atoms with Crippen molar-refractivity contribution in [3.05, 3.63) is 0 Å². The molecule has 0 aromatic heterocycles. The maximum absolute atomic E-state index is 8.97. The fourth-order valence-electron chi connectivity index (χ4n) is 1.09. The van der Waals surface area contributed by atoms with E-state index in [1.807, 2.05) is 0 Å². The van der Waals surface area contributed by atoms with Crippen LogP contribution in [0.2, 0.25) is 0 Å². The molecule has 1 rings (SSSR count). The predicted octanol–water partition coefficient (Wildman–Crippen LogP) is -0.423. The van der Waals surface area contributed by atoms with Crippen molar-refractivity contribution in [3.63, 3.8) is 0 Å². The molecule has 0 saturated carbocycles. The molecule has 1 fully saturated rings. The first kappa shape index (κ1) is 6.99. The molecule has 1 aliphatic heterocycles. The van der Waals surface area contributed by atoms with Crippen molar-refractivity contribution in [2.45, 2.75) is 19.6 Å². The van der Waals surface area contributed by atoms with Crippen molar-refractivity contribution >= 4 is 0 Å². The lowest BCUT2D eigenvalue weighted by molar-refractivity contribution is 0.160. The van der Waals surface area contributed by atoms with E-state index in [-0.39, 0.29) is 6.23 Å². The fraction of sp³-hybridized carbons (Fsp3) is 1.00. The lowest BCUT2D eigenvalue weighted by Gasteiger charge is -2.10. The smallest absolute Gasteiger partial charge is 0.118 e. The Labute approximate surface area is 55.7 Å². The Morgan fingerprint density at radius 3 is 3.00 bits per heavy atom. The Balaban J connectivity index is 2.14. The van der Waals surface area contributed by atoms with E-state index < -0.39 is 0 Å². The summed E-state index contributed by atoms with van der Waals surface area (Å²) < 4.78 is 0. The molecule has 0 spiro atoms. The number of hydrogen-bond donors (Lipinski definition) is 2. The minimum absolute atomic E-state index is 0.295. The fourth-order valence-corrected chi connectivity index (χ4v) is 1.09. The Morgan fingerprint density at radius 1 is 1.78 bits per heavy atom. The molecule has 1 aliphatic rings. The first-order chi connectivity index (χ1) is 4.33. The van der Waals surface area contributed by atoms with Crippen LogP contribution in [-0.4, -0.2) is 36.0 Å². The second-order valence-corrected chi connectivity index (χ2v) is 2.46. The summed E-state index contributed by atoms with van der Waals surface area (Å²) in [5.74, 6) is 0. The lowest BCUT2D eigenvalue weighted by atomic mass is 10.4. The van der Waals surface area contributed by atoms with Crippen molar-refractivity contribution in [3.8, 4) is 0 Å². The molecule has 3 nitrogen and oxygen atoms in total. The molecule has 54 valence electrons. The van der Waals surface area contributed by atoms with Crippen LogP contribution in [0.25, 0.3) is 0 Å². The molecule has 2 N–H and O–H groups in total. The van der Waals surface area contributed by atoms with Gasteiger partial charge in [0, 0.05) is 6.54 Å². The number of aliphatic hydroxyl groups excluding tert-OH is 1. The summed E-state index contributed by atoms with van der Waals surface area (Å²) in [5, 5.41) is 11.9. The van der Waals surface area contributed by atoms with E-state index in [1.165, 1.54) is 0 Å². The molecule has 0 aromatic rings. The van der Waals surface area contributed by atoms with Crippen LogP contribution in [0.5, 0.6) is 0 Å². The summed E-state index contributed by atoms with van der Waals surface area (Å²) >= 11 is 0. The summed E-state index contributed by atoms with van der Waals surface area (Å²) in [4.78, 5) is 2.20. The Morgan fingerprint density at radius 2 is 2.56 bits per heavy atom. The molecule has 1 heterocycles. The van der Waals surface area contributed by atoms with E-state index in [2.05, 4.69) is 17.1 Å². The molecule has 1 atom stereocenters. The minimum atomic E-state index is -0.295. The lowest BCUT2D eigenvalue weighted by Crippen LogP contribution is -2.22. The highest BCUT2D eigenvalue weighted by atomic mass is 16.3. The van der Waals surface area contributed by atoms with Gasteiger partial charge < -0.3 is 5.11 Å². The van der Waals surface area contributed by atoms with Crippen LogP contribution in [-0.2, 0) is 0 Å². The van der Waals surface area contributed by atoms with Crippen molar-refractivity contribution in [2.75, 3.05) is 19.8 Å². The summed E-state index contributed by atoms with van der Waals surface area (Å²) in [5.41, 5.74) is 0. The van der Waals surface area contributed by atoms with Gasteiger partial charge in [-0.1, -0.05) is 6.92 Å². The largest absolute Gasteiger partial charge is 0.377 e. The molecule has 0 aliphatic carbocycles. The molecule has 9 heavy (non-hydrogen) atoms. The number of hydrogen-bond acceptors (Lipinski definition) is 3. The average Bonchev–Trinajstić information content (AvgIpc) is 2.17. The molecule has 0 aromatic carbocycles. The summed E-state index contributed by atoms with van der Waals surface area (Å²) in [7, 11) is 0. The number of β-amino-alcohol motifs (C(OH)–C–C–N with tert-alkyl or cyclic N) is 1. The highest BCUT2D eigenvalue weighted by Gasteiger charge is 2.17. The molecule has 3 heteroatoms. The van der Waals surface area contributed by atoms with Gasteiger partial charge >= 0.3 is 0 Å². The van der Waals surface area contributed by atoms with Gasteiger partial charge in [-0.3, -0.25) is 10.2 Å². The van der Waals surface area contributed by atoms with Crippen molar-refractivity contribution in [1.82, 2.24) is 10.2 Å². The van der Waals surface area contributed by atoms with Gasteiger partial charge in [0.05, 0.1) is 6.67 Å². The predicted molar refractivity (Wildman–Crippen MR) is 35.9 cm³/mol. The standard InChI is InChI=1S/C6H14N2O/c1-2-3-8-4-6(9)7-5-8/h6-7,9H,2-5H2,1H3. The van der Waals surface area contributed by atoms with E-state index in [4.69, 9.17) is 5.11 Å². The Kier molecular flexibility index (Phi) is 2.45. The number of rotatable bonds is 2. The number of nitrogens with one attached hydrogen (secondary N) is 1. The van der Waals surface area contributed by atoms with Gasteiger partial charge in [0.2, 0.25) is 0 Å². The van der Waals surface area contributed by atoms with Gasteiger partial charge in [0.1, 0.15) is 6.23 Å². The van der Waals surface area contributed by atoms with Crippen molar-refractivity contribution < 1.29 is 5.11 Å². The zero-order chi connectivity index (χ0) is 6.69. The quantitative estimate of drug-likeness (QED) is 0.533. The Bertz CT molecular complexity index is 85.1. The van der Waals surface area contributed by atoms with Crippen molar-refractivity contribution in [2.24, 2.45) is 0 Å². The highest BCUT2D eigenvalue weighted by Crippen LogP contribution is 1.97. The molecule has 0 bridgehead atoms. The van der Waals surface area contributed by atoms with Crippen LogP contribution in [0, 0.1) is 0 Å². The summed E-state index contributed by atoms with van der Waals surface area (Å²) in [6.45, 7) is 4.86. The summed E-state index contributed by atoms with van der Waals surface area (Å²) in [6.07, 6.45) is 0.866. The SMILES string of the molecule is CCCN1CNC(O)C1. The van der Waals surface area contributed by atoms with Gasteiger partial charge in [-0.2, -0.15) is 0 Å². The van der Waals surface area contributed by atoms with Gasteiger partial charge in [-0.05, 0) is 13.0 Å². The maximum Gasteiger partial charge on any atom is 0.118 e. The third kappa shape index (κ3) is 1.93. The first-order valence-corrected chi connectivity index (χ1v) is 3.46. The van der Waals surface area contributed by atoms with E-state index in [1.54, 1.807) is 0 Å². The van der Waals surface area contributed by atoms with Crippen LogP contribution in [0.4, 0.5) is 0 Å². The number of aliphatic hydroxyl groups is 1. The van der Waals surface area contributed by atoms with E-state index >= 15 is 0 Å². The minimum Gasteiger partial charge on any atom is -0.377 e. The normalized spacial score (nSPS) is 29.3. The van der Waals surface area contributed by atoms with Crippen LogP contribution in [0.1, 0.15) is 13.3 Å². The van der Waals surface area contributed by atoms with Crippen LogP contribution >= 0.6 is 0 Å². The third-order valence-corrected chi connectivity index (χ3v) is 1.52. The number of nitrogens with zero attached hydrogens (tertiary/aromatic N) is 1.